The molecule has 122 valence electrons. The molecule has 0 aliphatic rings. The van der Waals surface area contributed by atoms with Gasteiger partial charge in [-0.2, -0.15) is 0 Å². The molecule has 4 atom stereocenters. The maximum Gasteiger partial charge on any atom is 0.114 e. The quantitative estimate of drug-likeness (QED) is 0.301. The van der Waals surface area contributed by atoms with Crippen molar-refractivity contribution in [3.63, 3.8) is 0 Å². The number of rotatable bonds is 13. The van der Waals surface area contributed by atoms with Crippen LogP contribution < -0.4 is 0 Å². The molecule has 0 aromatic heterocycles. The summed E-state index contributed by atoms with van der Waals surface area (Å²) < 4.78 is 5.35. The van der Waals surface area contributed by atoms with Gasteiger partial charge >= 0.3 is 0 Å². The van der Waals surface area contributed by atoms with Crippen LogP contribution in [0.4, 0.5) is 0 Å². The maximum absolute atomic E-state index is 9.75. The molecular formula is C14H30O6. The maximum atomic E-state index is 9.75. The molecule has 6 heteroatoms. The monoisotopic (exact) mass is 294 g/mol. The van der Waals surface area contributed by atoms with E-state index in [1.54, 1.807) is 0 Å². The fraction of sp³-hybridized carbons (Fsp3) is 1.00. The number of hydrogen-bond donors (Lipinski definition) is 5. The molecule has 0 spiro atoms. The van der Waals surface area contributed by atoms with Crippen molar-refractivity contribution in [1.29, 1.82) is 0 Å². The zero-order valence-electron chi connectivity index (χ0n) is 12.3. The Labute approximate surface area is 121 Å². The van der Waals surface area contributed by atoms with Gasteiger partial charge < -0.3 is 30.3 Å². The third-order valence-corrected chi connectivity index (χ3v) is 3.29. The average Bonchev–Trinajstić information content (AvgIpc) is 2.47. The highest BCUT2D eigenvalue weighted by Gasteiger charge is 2.32. The normalized spacial score (nSPS) is 17.7. The van der Waals surface area contributed by atoms with Crippen LogP contribution in [0.5, 0.6) is 0 Å². The molecule has 0 aromatic rings. The first-order chi connectivity index (χ1) is 9.58. The fourth-order valence-corrected chi connectivity index (χ4v) is 1.97. The number of aliphatic hydroxyl groups excluding tert-OH is 5. The van der Waals surface area contributed by atoms with Crippen molar-refractivity contribution >= 4 is 0 Å². The Bertz CT molecular complexity index is 214. The van der Waals surface area contributed by atoms with Crippen molar-refractivity contribution in [2.75, 3.05) is 19.8 Å². The minimum atomic E-state index is -1.43. The standard InChI is InChI=1S/C14H30O6/c1-2-3-4-5-6-7-8-20-14(12(18)10-16)13(19)11(17)9-15/h11-19H,2-10H2,1H3/t11-,12+,13+,14+/m0/s1. The summed E-state index contributed by atoms with van der Waals surface area (Å²) in [5.41, 5.74) is 0. The number of ether oxygens (including phenoxy) is 1. The molecule has 0 bridgehead atoms. The van der Waals surface area contributed by atoms with Gasteiger partial charge in [-0.3, -0.25) is 0 Å². The first-order valence-electron chi connectivity index (χ1n) is 7.46. The Balaban J connectivity index is 3.99. The third kappa shape index (κ3) is 8.14. The van der Waals surface area contributed by atoms with Crippen molar-refractivity contribution in [3.8, 4) is 0 Å². The van der Waals surface area contributed by atoms with Crippen LogP contribution >= 0.6 is 0 Å². The highest BCUT2D eigenvalue weighted by Crippen LogP contribution is 2.12. The molecule has 0 radical (unpaired) electrons. The van der Waals surface area contributed by atoms with Crippen LogP contribution in [0, 0.1) is 0 Å². The molecule has 0 aliphatic carbocycles. The molecule has 0 saturated carbocycles. The van der Waals surface area contributed by atoms with E-state index < -0.39 is 37.6 Å². The van der Waals surface area contributed by atoms with Crippen LogP contribution in [0.2, 0.25) is 0 Å². The summed E-state index contributed by atoms with van der Waals surface area (Å²) in [6.07, 6.45) is 1.29. The van der Waals surface area contributed by atoms with E-state index in [4.69, 9.17) is 14.9 Å². The summed E-state index contributed by atoms with van der Waals surface area (Å²) in [6.45, 7) is 1.29. The average molecular weight is 294 g/mol. The van der Waals surface area contributed by atoms with Gasteiger partial charge in [-0.1, -0.05) is 39.0 Å². The van der Waals surface area contributed by atoms with Crippen LogP contribution in [0.1, 0.15) is 45.4 Å². The van der Waals surface area contributed by atoms with Crippen LogP contribution in [-0.2, 0) is 4.74 Å². The van der Waals surface area contributed by atoms with Gasteiger partial charge in [0, 0.05) is 6.61 Å². The second kappa shape index (κ2) is 12.5. The molecule has 0 aliphatic heterocycles. The summed E-state index contributed by atoms with van der Waals surface area (Å²) >= 11 is 0. The fourth-order valence-electron chi connectivity index (χ4n) is 1.97. The molecule has 0 amide bonds. The summed E-state index contributed by atoms with van der Waals surface area (Å²) in [7, 11) is 0. The zero-order chi connectivity index (χ0) is 15.4. The Morgan fingerprint density at radius 3 is 1.90 bits per heavy atom. The highest BCUT2D eigenvalue weighted by atomic mass is 16.5. The lowest BCUT2D eigenvalue weighted by molar-refractivity contribution is -0.149. The van der Waals surface area contributed by atoms with Gasteiger partial charge in [0.15, 0.2) is 0 Å². The van der Waals surface area contributed by atoms with E-state index in [0.717, 1.165) is 19.3 Å². The molecule has 5 N–H and O–H groups in total. The van der Waals surface area contributed by atoms with Gasteiger partial charge in [-0.15, -0.1) is 0 Å². The van der Waals surface area contributed by atoms with E-state index in [0.29, 0.717) is 6.61 Å². The zero-order valence-corrected chi connectivity index (χ0v) is 12.3. The molecule has 0 unspecified atom stereocenters. The minimum absolute atomic E-state index is 0.336. The van der Waals surface area contributed by atoms with E-state index in [2.05, 4.69) is 6.92 Å². The Hall–Kier alpha value is -0.240. The third-order valence-electron chi connectivity index (χ3n) is 3.29. The van der Waals surface area contributed by atoms with E-state index in [1.807, 2.05) is 0 Å². The molecule has 6 nitrogen and oxygen atoms in total. The molecule has 0 aromatic carbocycles. The predicted octanol–water partition coefficient (Wildman–Crippen LogP) is -0.201. The van der Waals surface area contributed by atoms with Gasteiger partial charge in [0.25, 0.3) is 0 Å². The lowest BCUT2D eigenvalue weighted by atomic mass is 10.0. The summed E-state index contributed by atoms with van der Waals surface area (Å²) in [5, 5.41) is 46.4. The second-order valence-electron chi connectivity index (χ2n) is 5.09. The van der Waals surface area contributed by atoms with E-state index in [-0.39, 0.29) is 0 Å². The van der Waals surface area contributed by atoms with E-state index in [9.17, 15) is 15.3 Å². The molecule has 0 rings (SSSR count). The highest BCUT2D eigenvalue weighted by molar-refractivity contribution is 4.81. The Kier molecular flexibility index (Phi) is 12.3. The van der Waals surface area contributed by atoms with Crippen molar-refractivity contribution < 1.29 is 30.3 Å². The molecular weight excluding hydrogens is 264 g/mol. The Morgan fingerprint density at radius 1 is 0.800 bits per heavy atom. The number of aliphatic hydroxyl groups is 5. The first kappa shape index (κ1) is 19.8. The van der Waals surface area contributed by atoms with Crippen molar-refractivity contribution in [2.24, 2.45) is 0 Å². The SMILES string of the molecule is CCCCCCCCO[C@@H]([C@H](O)[C@@H](O)CO)[C@H](O)CO. The van der Waals surface area contributed by atoms with Crippen LogP contribution in [-0.4, -0.2) is 69.8 Å². The largest absolute Gasteiger partial charge is 0.394 e. The summed E-state index contributed by atoms with van der Waals surface area (Å²) in [6, 6.07) is 0. The van der Waals surface area contributed by atoms with E-state index >= 15 is 0 Å². The molecule has 0 heterocycles. The van der Waals surface area contributed by atoms with Crippen molar-refractivity contribution in [2.45, 2.75) is 69.9 Å². The van der Waals surface area contributed by atoms with Gasteiger partial charge in [-0.25, -0.2) is 0 Å². The van der Waals surface area contributed by atoms with Crippen LogP contribution in [0.3, 0.4) is 0 Å². The van der Waals surface area contributed by atoms with Gasteiger partial charge in [0.2, 0.25) is 0 Å². The number of unbranched alkanes of at least 4 members (excludes halogenated alkanes) is 5. The van der Waals surface area contributed by atoms with Gasteiger partial charge in [0.1, 0.15) is 24.4 Å². The van der Waals surface area contributed by atoms with E-state index in [1.165, 1.54) is 19.3 Å². The summed E-state index contributed by atoms with van der Waals surface area (Å²) in [5.74, 6) is 0. The smallest absolute Gasteiger partial charge is 0.114 e. The minimum Gasteiger partial charge on any atom is -0.394 e. The lowest BCUT2D eigenvalue weighted by Crippen LogP contribution is -2.48. The Morgan fingerprint density at radius 2 is 1.35 bits per heavy atom. The van der Waals surface area contributed by atoms with Crippen LogP contribution in [0.15, 0.2) is 0 Å². The first-order valence-corrected chi connectivity index (χ1v) is 7.46. The topological polar surface area (TPSA) is 110 Å². The van der Waals surface area contributed by atoms with Gasteiger partial charge in [-0.05, 0) is 6.42 Å². The molecule has 20 heavy (non-hydrogen) atoms. The molecule has 0 saturated heterocycles. The van der Waals surface area contributed by atoms with Crippen molar-refractivity contribution in [3.05, 3.63) is 0 Å². The summed E-state index contributed by atoms with van der Waals surface area (Å²) in [4.78, 5) is 0. The van der Waals surface area contributed by atoms with Gasteiger partial charge in [0.05, 0.1) is 13.2 Å². The molecule has 0 fully saturated rings. The van der Waals surface area contributed by atoms with Crippen LogP contribution in [0.25, 0.3) is 0 Å². The second-order valence-corrected chi connectivity index (χ2v) is 5.09. The van der Waals surface area contributed by atoms with Crippen molar-refractivity contribution in [1.82, 2.24) is 0 Å². The predicted molar refractivity (Wildman–Crippen MR) is 75.3 cm³/mol. The number of hydrogen-bond acceptors (Lipinski definition) is 6. The lowest BCUT2D eigenvalue weighted by Gasteiger charge is -2.29.